The zero-order valence-corrected chi connectivity index (χ0v) is 18.8. The highest BCUT2D eigenvalue weighted by Crippen LogP contribution is 2.72. The number of hydrogen-bond donors (Lipinski definition) is 3. The van der Waals surface area contributed by atoms with Crippen LogP contribution >= 0.6 is 0 Å². The van der Waals surface area contributed by atoms with Gasteiger partial charge >= 0.3 is 0 Å². The highest BCUT2D eigenvalue weighted by atomic mass is 16.7. The molecule has 8 unspecified atom stereocenters. The third-order valence-corrected chi connectivity index (χ3v) is 9.67. The number of H-pyrrole nitrogens is 1. The van der Waals surface area contributed by atoms with Crippen LogP contribution in [0.2, 0.25) is 0 Å². The number of fused-ring (bicyclic) bond motifs is 4. The van der Waals surface area contributed by atoms with E-state index in [4.69, 9.17) is 9.47 Å². The van der Waals surface area contributed by atoms with Crippen LogP contribution in [-0.2, 0) is 11.2 Å². The van der Waals surface area contributed by atoms with Gasteiger partial charge in [-0.25, -0.2) is 0 Å². The van der Waals surface area contributed by atoms with Crippen LogP contribution in [0.15, 0.2) is 18.2 Å². The lowest BCUT2D eigenvalue weighted by Crippen LogP contribution is -2.72. The van der Waals surface area contributed by atoms with Crippen molar-refractivity contribution in [3.05, 3.63) is 29.5 Å². The van der Waals surface area contributed by atoms with E-state index in [0.29, 0.717) is 24.2 Å². The van der Waals surface area contributed by atoms with Gasteiger partial charge in [0.05, 0.1) is 18.8 Å². The molecule has 1 spiro atoms. The summed E-state index contributed by atoms with van der Waals surface area (Å²) in [5.74, 6) is 3.26. The van der Waals surface area contributed by atoms with Gasteiger partial charge in [-0.15, -0.1) is 0 Å². The van der Waals surface area contributed by atoms with Gasteiger partial charge < -0.3 is 24.7 Å². The lowest BCUT2D eigenvalue weighted by molar-refractivity contribution is -0.184. The summed E-state index contributed by atoms with van der Waals surface area (Å²) in [6.45, 7) is 4.77. The van der Waals surface area contributed by atoms with E-state index in [0.717, 1.165) is 36.6 Å². The minimum absolute atomic E-state index is 0.0955. The topological polar surface area (TPSA) is 78.0 Å². The summed E-state index contributed by atoms with van der Waals surface area (Å²) in [6.07, 6.45) is 4.71. The van der Waals surface area contributed by atoms with Crippen molar-refractivity contribution in [3.63, 3.8) is 0 Å². The molecule has 172 valence electrons. The molecule has 3 N–H and O–H groups in total. The number of aromatic nitrogens is 1. The van der Waals surface area contributed by atoms with E-state index in [1.807, 2.05) is 6.07 Å². The molecule has 2 saturated carbocycles. The Morgan fingerprint density at radius 1 is 1.25 bits per heavy atom. The quantitative estimate of drug-likeness (QED) is 0.684. The van der Waals surface area contributed by atoms with Crippen LogP contribution < -0.4 is 4.74 Å². The first kappa shape index (κ1) is 19.8. The fourth-order valence-electron chi connectivity index (χ4n) is 8.34. The molecule has 0 amide bonds. The lowest BCUT2D eigenvalue weighted by atomic mass is 9.48. The number of ether oxygens (including phenoxy) is 2. The fraction of sp³-hybridized carbons (Fsp3) is 0.692. The monoisotopic (exact) mass is 438 g/mol. The summed E-state index contributed by atoms with van der Waals surface area (Å²) in [4.78, 5) is 6.61. The molecule has 1 aromatic heterocycles. The van der Waals surface area contributed by atoms with Gasteiger partial charge in [-0.2, -0.15) is 0 Å². The standard InChI is InChI=1S/C26H34N2O4/c1-2-14-7-15-8-21-24-19(5-6-28-13-26(14,15)25(21)28)20-11-17(3-4-22(20)27-24)31-23-10-16(30)9-18(12-29)32-23/h3-4,11,14-16,18,21,23,25,27,29-30H,2,5-10,12-13H2,1H3. The van der Waals surface area contributed by atoms with Gasteiger partial charge in [0.2, 0.25) is 6.29 Å². The van der Waals surface area contributed by atoms with Gasteiger partial charge in [0.15, 0.2) is 0 Å². The van der Waals surface area contributed by atoms with Crippen molar-refractivity contribution in [2.24, 2.45) is 17.3 Å². The molecule has 2 saturated heterocycles. The summed E-state index contributed by atoms with van der Waals surface area (Å²) >= 11 is 0. The number of nitrogens with zero attached hydrogens (tertiary/aromatic N) is 1. The number of rotatable bonds is 4. The molecule has 4 heterocycles. The van der Waals surface area contributed by atoms with Gasteiger partial charge in [-0.05, 0) is 54.9 Å². The Kier molecular flexibility index (Phi) is 4.31. The number of aliphatic hydroxyl groups excluding tert-OH is 2. The maximum absolute atomic E-state index is 10.1. The van der Waals surface area contributed by atoms with E-state index in [1.165, 1.54) is 48.0 Å². The molecule has 6 nitrogen and oxygen atoms in total. The SMILES string of the molecule is CCC1CC2CC3c4[nH]c5ccc(OC6CC(O)CC(CO)O6)cc5c4CCN4CC12C34. The first-order valence-corrected chi connectivity index (χ1v) is 12.6. The van der Waals surface area contributed by atoms with Crippen molar-refractivity contribution in [3.8, 4) is 5.75 Å². The van der Waals surface area contributed by atoms with Crippen LogP contribution in [0.25, 0.3) is 10.9 Å². The smallest absolute Gasteiger partial charge is 0.202 e. The molecular formula is C26H34N2O4. The van der Waals surface area contributed by atoms with Crippen molar-refractivity contribution in [2.75, 3.05) is 19.7 Å². The summed E-state index contributed by atoms with van der Waals surface area (Å²) in [6, 6.07) is 7.02. The third-order valence-electron chi connectivity index (χ3n) is 9.67. The molecule has 0 radical (unpaired) electrons. The summed E-state index contributed by atoms with van der Waals surface area (Å²) in [5.41, 5.74) is 4.77. The van der Waals surface area contributed by atoms with Crippen molar-refractivity contribution in [2.45, 2.75) is 75.9 Å². The predicted molar refractivity (Wildman–Crippen MR) is 121 cm³/mol. The van der Waals surface area contributed by atoms with Crippen molar-refractivity contribution in [1.82, 2.24) is 9.88 Å². The normalized spacial score (nSPS) is 42.4. The van der Waals surface area contributed by atoms with Crippen LogP contribution in [0.5, 0.6) is 5.75 Å². The second-order valence-electron chi connectivity index (χ2n) is 11.0. The Hall–Kier alpha value is -1.60. The minimum atomic E-state index is -0.524. The lowest BCUT2D eigenvalue weighted by Gasteiger charge is -2.67. The Morgan fingerprint density at radius 3 is 3.00 bits per heavy atom. The molecule has 6 heteroatoms. The number of benzene rings is 1. The largest absolute Gasteiger partial charge is 0.465 e. The Balaban J connectivity index is 1.20. The highest BCUT2D eigenvalue weighted by molar-refractivity contribution is 5.86. The first-order valence-electron chi connectivity index (χ1n) is 12.6. The summed E-state index contributed by atoms with van der Waals surface area (Å²) in [5, 5.41) is 20.8. The van der Waals surface area contributed by atoms with E-state index in [9.17, 15) is 10.2 Å². The Morgan fingerprint density at radius 2 is 2.16 bits per heavy atom. The number of hydrogen-bond acceptors (Lipinski definition) is 5. The van der Waals surface area contributed by atoms with Crippen LogP contribution in [0.4, 0.5) is 0 Å². The molecule has 32 heavy (non-hydrogen) atoms. The van der Waals surface area contributed by atoms with E-state index < -0.39 is 12.4 Å². The molecule has 0 bridgehead atoms. The molecular weight excluding hydrogens is 404 g/mol. The van der Waals surface area contributed by atoms with Gasteiger partial charge in [0.1, 0.15) is 5.75 Å². The maximum Gasteiger partial charge on any atom is 0.202 e. The fourth-order valence-corrected chi connectivity index (χ4v) is 8.34. The van der Waals surface area contributed by atoms with E-state index in [-0.39, 0.29) is 12.7 Å². The average Bonchev–Trinajstić information content (AvgIpc) is 3.16. The van der Waals surface area contributed by atoms with E-state index in [2.05, 4.69) is 28.9 Å². The van der Waals surface area contributed by atoms with Crippen molar-refractivity contribution < 1.29 is 19.7 Å². The molecule has 8 atom stereocenters. The van der Waals surface area contributed by atoms with Gasteiger partial charge in [0, 0.05) is 59.9 Å². The van der Waals surface area contributed by atoms with Crippen LogP contribution in [0.3, 0.4) is 0 Å². The molecule has 4 fully saturated rings. The van der Waals surface area contributed by atoms with Gasteiger partial charge in [0.25, 0.3) is 0 Å². The average molecular weight is 439 g/mol. The number of nitrogens with one attached hydrogen (secondary N) is 1. The van der Waals surface area contributed by atoms with Crippen LogP contribution in [-0.4, -0.2) is 64.3 Å². The molecule has 7 rings (SSSR count). The number of aliphatic hydroxyl groups is 2. The minimum Gasteiger partial charge on any atom is -0.465 e. The highest BCUT2D eigenvalue weighted by Gasteiger charge is 2.72. The summed E-state index contributed by atoms with van der Waals surface area (Å²) < 4.78 is 11.9. The second-order valence-corrected chi connectivity index (χ2v) is 11.0. The second kappa shape index (κ2) is 6.95. The van der Waals surface area contributed by atoms with Gasteiger partial charge in [-0.3, -0.25) is 4.90 Å². The zero-order chi connectivity index (χ0) is 21.6. The first-order chi connectivity index (χ1) is 15.6. The number of aromatic amines is 1. The van der Waals surface area contributed by atoms with Gasteiger partial charge in [-0.1, -0.05) is 13.3 Å². The molecule has 3 aliphatic heterocycles. The molecule has 2 aliphatic carbocycles. The van der Waals surface area contributed by atoms with Crippen molar-refractivity contribution in [1.29, 1.82) is 0 Å². The molecule has 5 aliphatic rings. The van der Waals surface area contributed by atoms with Crippen LogP contribution in [0.1, 0.15) is 56.2 Å². The van der Waals surface area contributed by atoms with Crippen LogP contribution in [0, 0.1) is 17.3 Å². The Labute approximate surface area is 188 Å². The van der Waals surface area contributed by atoms with Crippen molar-refractivity contribution >= 4 is 10.9 Å². The third kappa shape index (κ3) is 2.55. The summed E-state index contributed by atoms with van der Waals surface area (Å²) in [7, 11) is 0. The van der Waals surface area contributed by atoms with E-state index >= 15 is 0 Å². The molecule has 2 aromatic rings. The maximum atomic E-state index is 10.1. The zero-order valence-electron chi connectivity index (χ0n) is 18.8. The van der Waals surface area contributed by atoms with E-state index in [1.54, 1.807) is 0 Å². The molecule has 1 aromatic carbocycles. The Bertz CT molecular complexity index is 1050. The predicted octanol–water partition coefficient (Wildman–Crippen LogP) is 3.17.